The Balaban J connectivity index is 1.80. The number of para-hydroxylation sites is 1. The molecule has 0 aliphatic heterocycles. The van der Waals surface area contributed by atoms with Gasteiger partial charge < -0.3 is 10.1 Å². The van der Waals surface area contributed by atoms with E-state index in [9.17, 15) is 0 Å². The van der Waals surface area contributed by atoms with Crippen LogP contribution in [0.25, 0.3) is 0 Å². The smallest absolute Gasteiger partial charge is 0.230 e. The lowest BCUT2D eigenvalue weighted by molar-refractivity contribution is 0.455. The van der Waals surface area contributed by atoms with E-state index >= 15 is 0 Å². The molecule has 0 bridgehead atoms. The molecule has 3 aromatic rings. The van der Waals surface area contributed by atoms with Crippen LogP contribution < -0.4 is 10.1 Å². The lowest BCUT2D eigenvalue weighted by Crippen LogP contribution is -1.99. The molecule has 0 amide bonds. The number of aryl methyl sites for hydroxylation is 2. The third-order valence-corrected chi connectivity index (χ3v) is 3.52. The van der Waals surface area contributed by atoms with Crippen LogP contribution in [0.3, 0.4) is 0 Å². The zero-order chi connectivity index (χ0) is 16.9. The topological polar surface area (TPSA) is 70.8 Å². The van der Waals surface area contributed by atoms with E-state index in [2.05, 4.69) is 21.4 Å². The molecule has 0 aliphatic carbocycles. The first-order valence-corrected chi connectivity index (χ1v) is 7.50. The van der Waals surface area contributed by atoms with Crippen molar-refractivity contribution >= 4 is 11.6 Å². The predicted molar refractivity (Wildman–Crippen MR) is 92.5 cm³/mol. The molecule has 1 aromatic heterocycles. The van der Waals surface area contributed by atoms with Crippen LogP contribution in [-0.2, 0) is 0 Å². The Kier molecular flexibility index (Phi) is 4.39. The molecule has 1 N–H and O–H groups in total. The van der Waals surface area contributed by atoms with Gasteiger partial charge in [-0.25, -0.2) is 4.98 Å². The number of ether oxygens (including phenoxy) is 1. The minimum Gasteiger partial charge on any atom is -0.438 e. The van der Waals surface area contributed by atoms with Gasteiger partial charge in [-0.05, 0) is 49.2 Å². The summed E-state index contributed by atoms with van der Waals surface area (Å²) >= 11 is 0. The summed E-state index contributed by atoms with van der Waals surface area (Å²) in [4.78, 5) is 8.58. The number of aromatic nitrogens is 2. The fraction of sp³-hybridized carbons (Fsp3) is 0.105. The van der Waals surface area contributed by atoms with Crippen molar-refractivity contribution in [3.63, 3.8) is 0 Å². The van der Waals surface area contributed by atoms with Crippen LogP contribution >= 0.6 is 0 Å². The highest BCUT2D eigenvalue weighted by molar-refractivity contribution is 5.55. The molecule has 0 spiro atoms. The number of rotatable bonds is 4. The number of hydrogen-bond donors (Lipinski definition) is 1. The fourth-order valence-corrected chi connectivity index (χ4v) is 2.28. The molecule has 0 atom stereocenters. The Morgan fingerprint density at radius 2 is 1.71 bits per heavy atom. The second kappa shape index (κ2) is 6.80. The van der Waals surface area contributed by atoms with Gasteiger partial charge in [-0.2, -0.15) is 10.2 Å². The average Bonchev–Trinajstić information content (AvgIpc) is 2.59. The highest BCUT2D eigenvalue weighted by Crippen LogP contribution is 2.27. The van der Waals surface area contributed by atoms with Gasteiger partial charge in [-0.1, -0.05) is 18.2 Å². The van der Waals surface area contributed by atoms with Crippen molar-refractivity contribution in [2.75, 3.05) is 5.32 Å². The standard InChI is InChI=1S/C19H16N4O/c1-13-4-3-5-14(2)18(13)24-17-10-11-21-19(23-17)22-16-8-6-15(12-20)7-9-16/h3-11H,1-2H3,(H,21,22,23). The molecule has 0 aliphatic rings. The van der Waals surface area contributed by atoms with E-state index in [-0.39, 0.29) is 0 Å². The van der Waals surface area contributed by atoms with Gasteiger partial charge in [0.2, 0.25) is 11.8 Å². The van der Waals surface area contributed by atoms with Gasteiger partial charge in [0, 0.05) is 18.0 Å². The molecule has 0 fully saturated rings. The summed E-state index contributed by atoms with van der Waals surface area (Å²) in [5.74, 6) is 1.71. The van der Waals surface area contributed by atoms with Crippen LogP contribution in [0.1, 0.15) is 16.7 Å². The molecule has 0 saturated carbocycles. The summed E-state index contributed by atoms with van der Waals surface area (Å²) in [6.45, 7) is 4.00. The first-order chi connectivity index (χ1) is 11.7. The van der Waals surface area contributed by atoms with E-state index in [1.54, 1.807) is 36.5 Å². The first-order valence-electron chi connectivity index (χ1n) is 7.50. The quantitative estimate of drug-likeness (QED) is 0.767. The molecule has 5 heteroatoms. The van der Waals surface area contributed by atoms with Gasteiger partial charge in [0.1, 0.15) is 5.75 Å². The molecule has 24 heavy (non-hydrogen) atoms. The van der Waals surface area contributed by atoms with Crippen LogP contribution in [0.4, 0.5) is 11.6 Å². The average molecular weight is 316 g/mol. The minimum atomic E-state index is 0.434. The van der Waals surface area contributed by atoms with Gasteiger partial charge >= 0.3 is 0 Å². The Hall–Kier alpha value is -3.39. The summed E-state index contributed by atoms with van der Waals surface area (Å²) < 4.78 is 5.92. The summed E-state index contributed by atoms with van der Waals surface area (Å²) in [5, 5.41) is 11.9. The Morgan fingerprint density at radius 3 is 2.38 bits per heavy atom. The SMILES string of the molecule is Cc1cccc(C)c1Oc1ccnc(Nc2ccc(C#N)cc2)n1. The van der Waals surface area contributed by atoms with Gasteiger partial charge in [-0.15, -0.1) is 0 Å². The molecule has 2 aromatic carbocycles. The van der Waals surface area contributed by atoms with Gasteiger partial charge in [-0.3, -0.25) is 0 Å². The van der Waals surface area contributed by atoms with E-state index in [4.69, 9.17) is 10.00 Å². The Labute approximate surface area is 140 Å². The van der Waals surface area contributed by atoms with Crippen LogP contribution in [0.15, 0.2) is 54.7 Å². The van der Waals surface area contributed by atoms with E-state index in [0.717, 1.165) is 22.6 Å². The van der Waals surface area contributed by atoms with Gasteiger partial charge in [0.05, 0.1) is 11.6 Å². The zero-order valence-corrected chi connectivity index (χ0v) is 13.4. The summed E-state index contributed by atoms with van der Waals surface area (Å²) in [7, 11) is 0. The molecule has 3 rings (SSSR count). The van der Waals surface area contributed by atoms with E-state index in [1.807, 2.05) is 32.0 Å². The maximum Gasteiger partial charge on any atom is 0.230 e. The third-order valence-electron chi connectivity index (χ3n) is 3.52. The minimum absolute atomic E-state index is 0.434. The molecule has 5 nitrogen and oxygen atoms in total. The first kappa shape index (κ1) is 15.5. The summed E-state index contributed by atoms with van der Waals surface area (Å²) in [6.07, 6.45) is 1.64. The number of hydrogen-bond acceptors (Lipinski definition) is 5. The van der Waals surface area contributed by atoms with Crippen molar-refractivity contribution in [2.24, 2.45) is 0 Å². The van der Waals surface area contributed by atoms with E-state index in [0.29, 0.717) is 17.4 Å². The molecule has 118 valence electrons. The number of nitrogens with one attached hydrogen (secondary N) is 1. The third kappa shape index (κ3) is 3.50. The van der Waals surface area contributed by atoms with Crippen molar-refractivity contribution in [3.8, 4) is 17.7 Å². The number of nitriles is 1. The molecule has 0 radical (unpaired) electrons. The van der Waals surface area contributed by atoms with Crippen molar-refractivity contribution in [1.29, 1.82) is 5.26 Å². The number of nitrogens with zero attached hydrogens (tertiary/aromatic N) is 3. The molecule has 1 heterocycles. The molecular formula is C19H16N4O. The summed E-state index contributed by atoms with van der Waals surface area (Å²) in [5.41, 5.74) is 3.51. The Morgan fingerprint density at radius 1 is 1.00 bits per heavy atom. The van der Waals surface area contributed by atoms with E-state index < -0.39 is 0 Å². The largest absolute Gasteiger partial charge is 0.438 e. The monoisotopic (exact) mass is 316 g/mol. The highest BCUT2D eigenvalue weighted by Gasteiger charge is 2.07. The van der Waals surface area contributed by atoms with Crippen LogP contribution in [0.2, 0.25) is 0 Å². The maximum atomic E-state index is 8.83. The second-order valence-corrected chi connectivity index (χ2v) is 5.36. The predicted octanol–water partition coefficient (Wildman–Crippen LogP) is 4.50. The van der Waals surface area contributed by atoms with Crippen molar-refractivity contribution < 1.29 is 4.74 Å². The molecule has 0 saturated heterocycles. The highest BCUT2D eigenvalue weighted by atomic mass is 16.5. The van der Waals surface area contributed by atoms with E-state index in [1.165, 1.54) is 0 Å². The van der Waals surface area contributed by atoms with Gasteiger partial charge in [0.15, 0.2) is 0 Å². The van der Waals surface area contributed by atoms with Crippen molar-refractivity contribution in [2.45, 2.75) is 13.8 Å². The van der Waals surface area contributed by atoms with Gasteiger partial charge in [0.25, 0.3) is 0 Å². The Bertz CT molecular complexity index is 878. The van der Waals surface area contributed by atoms with Crippen LogP contribution in [-0.4, -0.2) is 9.97 Å². The van der Waals surface area contributed by atoms with Crippen LogP contribution in [0.5, 0.6) is 11.6 Å². The molecular weight excluding hydrogens is 300 g/mol. The normalized spacial score (nSPS) is 10.0. The zero-order valence-electron chi connectivity index (χ0n) is 13.4. The second-order valence-electron chi connectivity index (χ2n) is 5.36. The lowest BCUT2D eigenvalue weighted by Gasteiger charge is -2.11. The molecule has 0 unspecified atom stereocenters. The summed E-state index contributed by atoms with van der Waals surface area (Å²) in [6, 6.07) is 16.9. The number of anilines is 2. The fourth-order valence-electron chi connectivity index (χ4n) is 2.28. The van der Waals surface area contributed by atoms with Crippen molar-refractivity contribution in [3.05, 3.63) is 71.4 Å². The lowest BCUT2D eigenvalue weighted by atomic mass is 10.1. The van der Waals surface area contributed by atoms with Crippen molar-refractivity contribution in [1.82, 2.24) is 9.97 Å². The number of benzene rings is 2. The maximum absolute atomic E-state index is 8.83. The van der Waals surface area contributed by atoms with Crippen LogP contribution in [0, 0.1) is 25.2 Å².